The van der Waals surface area contributed by atoms with Crippen LogP contribution in [0.4, 0.5) is 0 Å². The number of carbonyl (C=O) groups excluding carboxylic acids is 3. The highest BCUT2D eigenvalue weighted by molar-refractivity contribution is 5.71. The van der Waals surface area contributed by atoms with Crippen LogP contribution in [0.3, 0.4) is 0 Å². The highest BCUT2D eigenvalue weighted by Crippen LogP contribution is 2.14. The van der Waals surface area contributed by atoms with Crippen LogP contribution in [0.5, 0.6) is 0 Å². The van der Waals surface area contributed by atoms with Crippen molar-refractivity contribution in [1.82, 2.24) is 0 Å². The van der Waals surface area contributed by atoms with Gasteiger partial charge in [0.25, 0.3) is 0 Å². The molecule has 416 valence electrons. The number of ether oxygens (including phenoxy) is 3. The topological polar surface area (TPSA) is 78.9 Å². The Labute approximate surface area is 455 Å². The third kappa shape index (κ3) is 58.2. The Morgan fingerprint density at radius 1 is 0.284 bits per heavy atom. The van der Waals surface area contributed by atoms with Gasteiger partial charge in [-0.15, -0.1) is 0 Å². The highest BCUT2D eigenvalue weighted by atomic mass is 16.6. The zero-order valence-corrected chi connectivity index (χ0v) is 47.5. The van der Waals surface area contributed by atoms with Gasteiger partial charge in [0.05, 0.1) is 0 Å². The lowest BCUT2D eigenvalue weighted by atomic mass is 10.1. The van der Waals surface area contributed by atoms with Crippen LogP contribution in [0, 0.1) is 0 Å². The monoisotopic (exact) mass is 1020 g/mol. The van der Waals surface area contributed by atoms with E-state index in [4.69, 9.17) is 14.2 Å². The van der Waals surface area contributed by atoms with E-state index >= 15 is 0 Å². The summed E-state index contributed by atoms with van der Waals surface area (Å²) < 4.78 is 16.8. The number of esters is 3. The number of rotatable bonds is 52. The molecule has 6 heteroatoms. The molecule has 1 atom stereocenters. The van der Waals surface area contributed by atoms with E-state index in [1.807, 2.05) is 12.2 Å². The van der Waals surface area contributed by atoms with Crippen LogP contribution < -0.4 is 0 Å². The van der Waals surface area contributed by atoms with E-state index in [-0.39, 0.29) is 37.5 Å². The van der Waals surface area contributed by atoms with Crippen molar-refractivity contribution in [2.75, 3.05) is 13.2 Å². The van der Waals surface area contributed by atoms with Crippen molar-refractivity contribution in [1.29, 1.82) is 0 Å². The normalized spacial score (nSPS) is 13.2. The Balaban J connectivity index is 4.34. The SMILES string of the molecule is CC/C=C\C/C=C\C/C=C\C/C=C\C/C=C\C/C=C\CCCCCCCCCCCCC(=O)OCC(COC(=O)CC/C=C\C/C=C\C/C=C\C/C=C\CC)OC(=O)CCCCCCC/C=C\C/C=C\CCCC. The van der Waals surface area contributed by atoms with Gasteiger partial charge < -0.3 is 14.2 Å². The molecule has 0 aliphatic heterocycles. The third-order valence-electron chi connectivity index (χ3n) is 12.1. The molecule has 1 unspecified atom stereocenters. The Kier molecular flexibility index (Phi) is 57.0. The molecule has 0 bridgehead atoms. The number of unbranched alkanes of at least 4 members (excludes halogenated alkanes) is 17. The first-order valence-corrected chi connectivity index (χ1v) is 29.8. The van der Waals surface area contributed by atoms with E-state index in [1.54, 1.807) is 0 Å². The largest absolute Gasteiger partial charge is 0.462 e. The highest BCUT2D eigenvalue weighted by Gasteiger charge is 2.19. The number of allylic oxidation sites excluding steroid dienone is 24. The standard InChI is InChI=1S/C68H108O6/c1-4-7-10-13-16-19-22-25-27-28-29-30-31-32-33-34-35-36-37-38-39-40-41-44-46-49-52-55-58-61-67(70)73-64-65(63-72-66(69)60-57-54-51-48-45-42-24-21-18-15-12-9-6-3)74-68(71)62-59-56-53-50-47-43-26-23-20-17-14-11-8-5-2/h7,9-10,12,14,16-19,21,23,25-27,29-30,32-33,35-36,42,45,51,54,65H,4-6,8,11,13,15,20,22,24,28,31,34,37-41,43-44,46-50,52-53,55-64H2,1-3H3/b10-7-,12-9-,17-14-,19-16-,21-18-,26-23-,27-25-,30-29-,33-32-,36-35-,45-42-,54-51-. The van der Waals surface area contributed by atoms with E-state index < -0.39 is 6.10 Å². The summed E-state index contributed by atoms with van der Waals surface area (Å²) in [5.41, 5.74) is 0. The molecule has 0 amide bonds. The van der Waals surface area contributed by atoms with Gasteiger partial charge in [0.1, 0.15) is 13.2 Å². The maximum atomic E-state index is 12.8. The maximum absolute atomic E-state index is 12.8. The molecule has 6 nitrogen and oxygen atoms in total. The first-order valence-electron chi connectivity index (χ1n) is 29.8. The van der Waals surface area contributed by atoms with Crippen LogP contribution in [-0.4, -0.2) is 37.2 Å². The second-order valence-corrected chi connectivity index (χ2v) is 19.1. The molecule has 0 aromatic carbocycles. The second-order valence-electron chi connectivity index (χ2n) is 19.1. The fourth-order valence-electron chi connectivity index (χ4n) is 7.65. The zero-order chi connectivity index (χ0) is 53.6. The van der Waals surface area contributed by atoms with Gasteiger partial charge in [0, 0.05) is 19.3 Å². The van der Waals surface area contributed by atoms with Crippen LogP contribution in [-0.2, 0) is 28.6 Å². The molecule has 0 N–H and O–H groups in total. The molecule has 0 spiro atoms. The quantitative estimate of drug-likeness (QED) is 0.0261. The maximum Gasteiger partial charge on any atom is 0.306 e. The van der Waals surface area contributed by atoms with Crippen molar-refractivity contribution in [2.45, 2.75) is 252 Å². The Bertz CT molecular complexity index is 1640. The molecule has 0 rings (SSSR count). The predicted octanol–water partition coefficient (Wildman–Crippen LogP) is 20.4. The van der Waals surface area contributed by atoms with Crippen molar-refractivity contribution in [3.63, 3.8) is 0 Å². The summed E-state index contributed by atoms with van der Waals surface area (Å²) in [6.07, 6.45) is 87.2. The lowest BCUT2D eigenvalue weighted by Gasteiger charge is -2.18. The molecule has 74 heavy (non-hydrogen) atoms. The summed E-state index contributed by atoms with van der Waals surface area (Å²) in [6.45, 7) is 6.28. The van der Waals surface area contributed by atoms with Crippen LogP contribution in [0.15, 0.2) is 146 Å². The van der Waals surface area contributed by atoms with Gasteiger partial charge in [-0.1, -0.05) is 250 Å². The fraction of sp³-hybridized carbons (Fsp3) is 0.603. The molecule has 0 fully saturated rings. The van der Waals surface area contributed by atoms with Crippen LogP contribution >= 0.6 is 0 Å². The van der Waals surface area contributed by atoms with Crippen molar-refractivity contribution in [3.8, 4) is 0 Å². The first kappa shape index (κ1) is 69.3. The minimum atomic E-state index is -0.822. The molecule has 0 saturated carbocycles. The van der Waals surface area contributed by atoms with Crippen molar-refractivity contribution in [3.05, 3.63) is 146 Å². The molecular weight excluding hydrogens is 913 g/mol. The number of hydrogen-bond acceptors (Lipinski definition) is 6. The molecule has 0 aromatic heterocycles. The van der Waals surface area contributed by atoms with Crippen LogP contribution in [0.25, 0.3) is 0 Å². The van der Waals surface area contributed by atoms with Gasteiger partial charge in [-0.05, 0) is 122 Å². The van der Waals surface area contributed by atoms with E-state index in [9.17, 15) is 14.4 Å². The average molecular weight is 1020 g/mol. The van der Waals surface area contributed by atoms with Crippen LogP contribution in [0.2, 0.25) is 0 Å². The molecule has 0 saturated heterocycles. The van der Waals surface area contributed by atoms with Gasteiger partial charge in [0.15, 0.2) is 6.10 Å². The van der Waals surface area contributed by atoms with Crippen LogP contribution in [0.1, 0.15) is 245 Å². The summed E-state index contributed by atoms with van der Waals surface area (Å²) >= 11 is 0. The molecule has 0 aromatic rings. The van der Waals surface area contributed by atoms with E-state index in [0.717, 1.165) is 135 Å². The Morgan fingerprint density at radius 3 is 0.905 bits per heavy atom. The van der Waals surface area contributed by atoms with Gasteiger partial charge in [-0.3, -0.25) is 14.4 Å². The van der Waals surface area contributed by atoms with Gasteiger partial charge >= 0.3 is 17.9 Å². The molecule has 0 aliphatic rings. The van der Waals surface area contributed by atoms with E-state index in [0.29, 0.717) is 19.3 Å². The number of hydrogen-bond donors (Lipinski definition) is 0. The van der Waals surface area contributed by atoms with E-state index in [2.05, 4.69) is 154 Å². The van der Waals surface area contributed by atoms with Gasteiger partial charge in [-0.2, -0.15) is 0 Å². The van der Waals surface area contributed by atoms with E-state index in [1.165, 1.54) is 64.2 Å². The molecular formula is C68H108O6. The summed E-state index contributed by atoms with van der Waals surface area (Å²) in [4.78, 5) is 38.1. The first-order chi connectivity index (χ1) is 36.5. The fourth-order valence-corrected chi connectivity index (χ4v) is 7.65. The molecule has 0 radical (unpaired) electrons. The molecule has 0 aliphatic carbocycles. The minimum Gasteiger partial charge on any atom is -0.462 e. The summed E-state index contributed by atoms with van der Waals surface area (Å²) in [5.74, 6) is -1.02. The van der Waals surface area contributed by atoms with Gasteiger partial charge in [0.2, 0.25) is 0 Å². The van der Waals surface area contributed by atoms with Crippen molar-refractivity contribution in [2.24, 2.45) is 0 Å². The zero-order valence-electron chi connectivity index (χ0n) is 47.5. The Morgan fingerprint density at radius 2 is 0.554 bits per heavy atom. The van der Waals surface area contributed by atoms with Crippen molar-refractivity contribution < 1.29 is 28.6 Å². The lowest BCUT2D eigenvalue weighted by molar-refractivity contribution is -0.166. The number of carbonyl (C=O) groups is 3. The second kappa shape index (κ2) is 60.8. The minimum absolute atomic E-state index is 0.113. The predicted molar refractivity (Wildman–Crippen MR) is 320 cm³/mol. The summed E-state index contributed by atoms with van der Waals surface area (Å²) in [7, 11) is 0. The third-order valence-corrected chi connectivity index (χ3v) is 12.1. The average Bonchev–Trinajstić information content (AvgIpc) is 3.40. The smallest absolute Gasteiger partial charge is 0.306 e. The summed E-state index contributed by atoms with van der Waals surface area (Å²) in [5, 5.41) is 0. The Hall–Kier alpha value is -4.71. The lowest BCUT2D eigenvalue weighted by Crippen LogP contribution is -2.30. The van der Waals surface area contributed by atoms with Crippen molar-refractivity contribution >= 4 is 17.9 Å². The van der Waals surface area contributed by atoms with Gasteiger partial charge in [-0.25, -0.2) is 0 Å². The molecule has 0 heterocycles. The summed E-state index contributed by atoms with van der Waals surface area (Å²) in [6, 6.07) is 0.